The van der Waals surface area contributed by atoms with E-state index < -0.39 is 0 Å². The molecule has 1 nitrogen and oxygen atoms in total. The first kappa shape index (κ1) is 8.88. The summed E-state index contributed by atoms with van der Waals surface area (Å²) in [6.45, 7) is 7.11. The van der Waals surface area contributed by atoms with Crippen LogP contribution < -0.4 is 5.32 Å². The lowest BCUT2D eigenvalue weighted by Crippen LogP contribution is -2.32. The molecule has 1 N–H and O–H groups in total. The molecule has 1 heterocycles. The van der Waals surface area contributed by atoms with Gasteiger partial charge in [0, 0.05) is 12.6 Å². The zero-order valence-electron chi connectivity index (χ0n) is 7.18. The van der Waals surface area contributed by atoms with Crippen molar-refractivity contribution in [3.05, 3.63) is 23.1 Å². The fraction of sp³-hybridized carbons (Fsp3) is 0.556. The SMILES string of the molecule is C=CC1=C(SC)CCNC1C. The maximum atomic E-state index is 3.82. The van der Waals surface area contributed by atoms with Gasteiger partial charge >= 0.3 is 0 Å². The van der Waals surface area contributed by atoms with Crippen molar-refractivity contribution in [2.75, 3.05) is 12.8 Å². The molecule has 0 aromatic heterocycles. The number of thioether (sulfide) groups is 1. The average molecular weight is 169 g/mol. The quantitative estimate of drug-likeness (QED) is 0.680. The third-order valence-electron chi connectivity index (χ3n) is 2.06. The van der Waals surface area contributed by atoms with Gasteiger partial charge < -0.3 is 5.32 Å². The van der Waals surface area contributed by atoms with E-state index in [0.29, 0.717) is 6.04 Å². The highest BCUT2D eigenvalue weighted by Gasteiger charge is 2.14. The van der Waals surface area contributed by atoms with E-state index in [1.165, 1.54) is 10.5 Å². The molecule has 1 atom stereocenters. The molecule has 62 valence electrons. The summed E-state index contributed by atoms with van der Waals surface area (Å²) in [4.78, 5) is 1.49. The van der Waals surface area contributed by atoms with Crippen molar-refractivity contribution in [2.45, 2.75) is 19.4 Å². The van der Waals surface area contributed by atoms with Gasteiger partial charge in [0.05, 0.1) is 0 Å². The summed E-state index contributed by atoms with van der Waals surface area (Å²) in [7, 11) is 0. The van der Waals surface area contributed by atoms with Gasteiger partial charge in [-0.3, -0.25) is 0 Å². The molecule has 2 heteroatoms. The maximum absolute atomic E-state index is 3.82. The second-order valence-electron chi connectivity index (χ2n) is 2.71. The van der Waals surface area contributed by atoms with E-state index in [1.54, 1.807) is 0 Å². The Morgan fingerprint density at radius 2 is 2.45 bits per heavy atom. The van der Waals surface area contributed by atoms with Gasteiger partial charge in [-0.05, 0) is 30.1 Å². The van der Waals surface area contributed by atoms with E-state index in [2.05, 4.69) is 25.1 Å². The van der Waals surface area contributed by atoms with Gasteiger partial charge in [0.15, 0.2) is 0 Å². The number of rotatable bonds is 2. The van der Waals surface area contributed by atoms with E-state index in [0.717, 1.165) is 13.0 Å². The predicted octanol–water partition coefficient (Wildman–Crippen LogP) is 2.17. The van der Waals surface area contributed by atoms with Crippen LogP contribution in [-0.4, -0.2) is 18.8 Å². The normalized spacial score (nSPS) is 25.5. The molecule has 1 unspecified atom stereocenters. The van der Waals surface area contributed by atoms with Crippen molar-refractivity contribution >= 4 is 11.8 Å². The lowest BCUT2D eigenvalue weighted by atomic mass is 10.0. The fourth-order valence-corrected chi connectivity index (χ4v) is 2.21. The lowest BCUT2D eigenvalue weighted by Gasteiger charge is -2.24. The molecule has 1 rings (SSSR count). The number of hydrogen-bond donors (Lipinski definition) is 1. The van der Waals surface area contributed by atoms with Crippen molar-refractivity contribution in [3.63, 3.8) is 0 Å². The first-order valence-electron chi connectivity index (χ1n) is 3.92. The van der Waals surface area contributed by atoms with Gasteiger partial charge in [-0.1, -0.05) is 12.7 Å². The van der Waals surface area contributed by atoms with E-state index in [4.69, 9.17) is 0 Å². The van der Waals surface area contributed by atoms with Gasteiger partial charge in [-0.15, -0.1) is 11.8 Å². The minimum Gasteiger partial charge on any atom is -0.310 e. The molecule has 0 radical (unpaired) electrons. The Morgan fingerprint density at radius 3 is 2.91 bits per heavy atom. The minimum atomic E-state index is 0.490. The van der Waals surface area contributed by atoms with Gasteiger partial charge in [-0.25, -0.2) is 0 Å². The Hall–Kier alpha value is -0.210. The van der Waals surface area contributed by atoms with Gasteiger partial charge in [0.1, 0.15) is 0 Å². The molecule has 0 bridgehead atoms. The molecular formula is C9H15NS. The first-order valence-corrected chi connectivity index (χ1v) is 5.15. The van der Waals surface area contributed by atoms with E-state index in [1.807, 2.05) is 17.8 Å². The van der Waals surface area contributed by atoms with Gasteiger partial charge in [0.25, 0.3) is 0 Å². The number of hydrogen-bond acceptors (Lipinski definition) is 2. The predicted molar refractivity (Wildman–Crippen MR) is 52.8 cm³/mol. The molecule has 0 aromatic carbocycles. The van der Waals surface area contributed by atoms with E-state index in [9.17, 15) is 0 Å². The summed E-state index contributed by atoms with van der Waals surface area (Å²) in [5.41, 5.74) is 1.38. The third kappa shape index (κ3) is 1.88. The molecule has 0 aromatic rings. The number of nitrogens with one attached hydrogen (secondary N) is 1. The van der Waals surface area contributed by atoms with Crippen LogP contribution in [0.5, 0.6) is 0 Å². The second kappa shape index (κ2) is 3.98. The van der Waals surface area contributed by atoms with Crippen LogP contribution in [0.2, 0.25) is 0 Å². The fourth-order valence-electron chi connectivity index (χ4n) is 1.41. The maximum Gasteiger partial charge on any atom is 0.0299 e. The highest BCUT2D eigenvalue weighted by molar-refractivity contribution is 8.02. The summed E-state index contributed by atoms with van der Waals surface area (Å²) >= 11 is 1.85. The second-order valence-corrected chi connectivity index (χ2v) is 3.61. The van der Waals surface area contributed by atoms with Crippen LogP contribution in [0.1, 0.15) is 13.3 Å². The standard InChI is InChI=1S/C9H15NS/c1-4-8-7(2)10-6-5-9(8)11-3/h4,7,10H,1,5-6H2,2-3H3. The largest absolute Gasteiger partial charge is 0.310 e. The van der Waals surface area contributed by atoms with Crippen molar-refractivity contribution in [2.24, 2.45) is 0 Å². The van der Waals surface area contributed by atoms with Crippen LogP contribution in [-0.2, 0) is 0 Å². The Morgan fingerprint density at radius 1 is 1.73 bits per heavy atom. The van der Waals surface area contributed by atoms with E-state index >= 15 is 0 Å². The first-order chi connectivity index (χ1) is 5.29. The molecule has 0 saturated carbocycles. The molecule has 0 fully saturated rings. The van der Waals surface area contributed by atoms with Crippen LogP contribution in [0.4, 0.5) is 0 Å². The highest BCUT2D eigenvalue weighted by Crippen LogP contribution is 2.26. The van der Waals surface area contributed by atoms with Crippen LogP contribution in [0.25, 0.3) is 0 Å². The van der Waals surface area contributed by atoms with Crippen LogP contribution in [0.3, 0.4) is 0 Å². The summed E-state index contributed by atoms with van der Waals surface area (Å²) in [5.74, 6) is 0. The molecular weight excluding hydrogens is 154 g/mol. The Bertz CT molecular complexity index is 184. The summed E-state index contributed by atoms with van der Waals surface area (Å²) in [6.07, 6.45) is 5.27. The van der Waals surface area contributed by atoms with Crippen molar-refractivity contribution in [3.8, 4) is 0 Å². The molecule has 1 aliphatic rings. The van der Waals surface area contributed by atoms with Crippen LogP contribution >= 0.6 is 11.8 Å². The topological polar surface area (TPSA) is 12.0 Å². The Kier molecular flexibility index (Phi) is 3.21. The molecule has 0 amide bonds. The molecule has 0 saturated heterocycles. The van der Waals surface area contributed by atoms with E-state index in [-0.39, 0.29) is 0 Å². The minimum absolute atomic E-state index is 0.490. The Balaban J connectivity index is 2.85. The van der Waals surface area contributed by atoms with Crippen LogP contribution in [0, 0.1) is 0 Å². The summed E-state index contributed by atoms with van der Waals surface area (Å²) in [6, 6.07) is 0.490. The molecule has 11 heavy (non-hydrogen) atoms. The molecule has 0 aliphatic carbocycles. The summed E-state index contributed by atoms with van der Waals surface area (Å²) in [5, 5.41) is 3.40. The van der Waals surface area contributed by atoms with Gasteiger partial charge in [0.2, 0.25) is 0 Å². The molecule has 1 aliphatic heterocycles. The van der Waals surface area contributed by atoms with Crippen molar-refractivity contribution in [1.29, 1.82) is 0 Å². The summed E-state index contributed by atoms with van der Waals surface area (Å²) < 4.78 is 0. The zero-order chi connectivity index (χ0) is 8.27. The lowest BCUT2D eigenvalue weighted by molar-refractivity contribution is 0.590. The molecule has 0 spiro atoms. The average Bonchev–Trinajstić information content (AvgIpc) is 2.04. The van der Waals surface area contributed by atoms with Gasteiger partial charge in [-0.2, -0.15) is 0 Å². The smallest absolute Gasteiger partial charge is 0.0299 e. The Labute approximate surface area is 72.9 Å². The van der Waals surface area contributed by atoms with Crippen molar-refractivity contribution < 1.29 is 0 Å². The highest BCUT2D eigenvalue weighted by atomic mass is 32.2. The zero-order valence-corrected chi connectivity index (χ0v) is 8.00. The van der Waals surface area contributed by atoms with Crippen LogP contribution in [0.15, 0.2) is 23.1 Å². The monoisotopic (exact) mass is 169 g/mol. The van der Waals surface area contributed by atoms with Crippen molar-refractivity contribution in [1.82, 2.24) is 5.32 Å². The third-order valence-corrected chi connectivity index (χ3v) is 2.99.